The van der Waals surface area contributed by atoms with Gasteiger partial charge >= 0.3 is 0 Å². The second kappa shape index (κ2) is 6.49. The van der Waals surface area contributed by atoms with Crippen LogP contribution in [0.3, 0.4) is 0 Å². The highest BCUT2D eigenvalue weighted by atomic mass is 16.5. The number of hydrazone groups is 1. The molecule has 3 saturated heterocycles. The molecule has 7 nitrogen and oxygen atoms in total. The molecule has 0 aliphatic carbocycles. The second-order valence-corrected chi connectivity index (χ2v) is 6.36. The first-order valence-corrected chi connectivity index (χ1v) is 8.13. The first kappa shape index (κ1) is 16.9. The molecule has 0 spiro atoms. The Labute approximate surface area is 141 Å². The maximum atomic E-state index is 5.49. The smallest absolute Gasteiger partial charge is 0.203 e. The van der Waals surface area contributed by atoms with Crippen LogP contribution in [0.1, 0.15) is 24.4 Å². The Morgan fingerprint density at radius 3 is 2.21 bits per heavy atom. The van der Waals surface area contributed by atoms with Crippen LogP contribution in [0.15, 0.2) is 17.2 Å². The number of nitrogens with zero attached hydrogens (tertiary/aromatic N) is 2. The number of ether oxygens (including phenoxy) is 3. The molecule has 2 bridgehead atoms. The summed E-state index contributed by atoms with van der Waals surface area (Å²) in [5.74, 6) is 2.65. The summed E-state index contributed by atoms with van der Waals surface area (Å²) in [4.78, 5) is 2.55. The fourth-order valence-electron chi connectivity index (χ4n) is 4.19. The molecule has 7 heteroatoms. The Hall–Kier alpha value is -1.99. The molecule has 0 aromatic heterocycles. The molecule has 1 aromatic rings. The number of fused-ring (bicyclic) bond motifs is 2. The van der Waals surface area contributed by atoms with Crippen LogP contribution in [0.2, 0.25) is 0 Å². The largest absolute Gasteiger partial charge is 0.493 e. The van der Waals surface area contributed by atoms with E-state index in [-0.39, 0.29) is 11.5 Å². The molecule has 4 aliphatic heterocycles. The van der Waals surface area contributed by atoms with Crippen molar-refractivity contribution in [2.75, 3.05) is 34.4 Å². The van der Waals surface area contributed by atoms with Crippen LogP contribution in [-0.2, 0) is 0 Å². The molecule has 132 valence electrons. The molecule has 1 aromatic carbocycles. The van der Waals surface area contributed by atoms with Crippen molar-refractivity contribution in [3.63, 3.8) is 0 Å². The molecule has 3 N–H and O–H groups in total. The Bertz CT molecular complexity index is 616. The van der Waals surface area contributed by atoms with E-state index in [0.29, 0.717) is 29.2 Å². The molecule has 0 radical (unpaired) electrons. The normalized spacial score (nSPS) is 29.9. The van der Waals surface area contributed by atoms with E-state index in [4.69, 9.17) is 14.2 Å². The molecule has 4 heterocycles. The summed E-state index contributed by atoms with van der Waals surface area (Å²) >= 11 is 0. The highest BCUT2D eigenvalue weighted by Gasteiger charge is 2.47. The lowest BCUT2D eigenvalue weighted by molar-refractivity contribution is 0.133. The molecule has 24 heavy (non-hydrogen) atoms. The van der Waals surface area contributed by atoms with Crippen LogP contribution in [0, 0.1) is 5.92 Å². The highest BCUT2D eigenvalue weighted by Crippen LogP contribution is 2.44. The minimum Gasteiger partial charge on any atom is -0.493 e. The van der Waals surface area contributed by atoms with Gasteiger partial charge in [0.1, 0.15) is 0 Å². The first-order valence-electron chi connectivity index (χ1n) is 8.13. The van der Waals surface area contributed by atoms with E-state index in [1.54, 1.807) is 21.3 Å². The van der Waals surface area contributed by atoms with Crippen molar-refractivity contribution < 1.29 is 19.7 Å². The number of nitrogens with one attached hydrogen (secondary N) is 1. The zero-order valence-electron chi connectivity index (χ0n) is 14.3. The van der Waals surface area contributed by atoms with Crippen LogP contribution >= 0.6 is 0 Å². The van der Waals surface area contributed by atoms with E-state index in [0.717, 1.165) is 18.7 Å². The number of rotatable bonds is 4. The van der Waals surface area contributed by atoms with E-state index < -0.39 is 0 Å². The van der Waals surface area contributed by atoms with Gasteiger partial charge in [-0.3, -0.25) is 4.90 Å². The van der Waals surface area contributed by atoms with Gasteiger partial charge in [-0.25, -0.2) is 0 Å². The summed E-state index contributed by atoms with van der Waals surface area (Å²) in [6.07, 6.45) is 2.47. The van der Waals surface area contributed by atoms with Crippen molar-refractivity contribution in [3.05, 3.63) is 17.7 Å². The van der Waals surface area contributed by atoms with Gasteiger partial charge in [-0.1, -0.05) is 0 Å². The van der Waals surface area contributed by atoms with Gasteiger partial charge in [0.15, 0.2) is 11.5 Å². The van der Waals surface area contributed by atoms with Crippen molar-refractivity contribution in [1.82, 2.24) is 10.3 Å². The van der Waals surface area contributed by atoms with Gasteiger partial charge in [-0.2, -0.15) is 5.10 Å². The summed E-state index contributed by atoms with van der Waals surface area (Å²) in [6.45, 7) is 2.33. The van der Waals surface area contributed by atoms with E-state index in [1.807, 2.05) is 12.1 Å². The van der Waals surface area contributed by atoms with Gasteiger partial charge in [0.05, 0.1) is 39.1 Å². The van der Waals surface area contributed by atoms with Gasteiger partial charge in [-0.15, -0.1) is 0 Å². The third-order valence-corrected chi connectivity index (χ3v) is 5.34. The highest BCUT2D eigenvalue weighted by molar-refractivity contribution is 5.95. The van der Waals surface area contributed by atoms with Crippen LogP contribution in [-0.4, -0.2) is 56.5 Å². The van der Waals surface area contributed by atoms with Gasteiger partial charge in [0.2, 0.25) is 5.75 Å². The molecule has 2 atom stereocenters. The zero-order valence-corrected chi connectivity index (χ0v) is 14.3. The Kier molecular flexibility index (Phi) is 4.56. The van der Waals surface area contributed by atoms with E-state index in [9.17, 15) is 0 Å². The van der Waals surface area contributed by atoms with E-state index in [2.05, 4.69) is 15.4 Å². The minimum atomic E-state index is 0. The van der Waals surface area contributed by atoms with Crippen LogP contribution < -0.4 is 19.6 Å². The van der Waals surface area contributed by atoms with Crippen molar-refractivity contribution in [1.29, 1.82) is 0 Å². The third kappa shape index (κ3) is 2.39. The molecule has 4 aliphatic rings. The number of hydrogen-bond acceptors (Lipinski definition) is 6. The molecule has 0 saturated carbocycles. The predicted octanol–water partition coefficient (Wildman–Crippen LogP) is 0.982. The van der Waals surface area contributed by atoms with Crippen molar-refractivity contribution in [2.24, 2.45) is 11.0 Å². The number of hydrogen-bond donors (Lipinski definition) is 1. The van der Waals surface area contributed by atoms with Gasteiger partial charge in [0.25, 0.3) is 0 Å². The minimum absolute atomic E-state index is 0. The Morgan fingerprint density at radius 2 is 1.67 bits per heavy atom. The van der Waals surface area contributed by atoms with Crippen LogP contribution in [0.25, 0.3) is 0 Å². The molecule has 3 fully saturated rings. The Balaban J connectivity index is 0.00000169. The Morgan fingerprint density at radius 1 is 1.04 bits per heavy atom. The number of piperidine rings is 3. The second-order valence-electron chi connectivity index (χ2n) is 6.36. The van der Waals surface area contributed by atoms with Gasteiger partial charge in [-0.05, 0) is 43.6 Å². The maximum Gasteiger partial charge on any atom is 0.203 e. The summed E-state index contributed by atoms with van der Waals surface area (Å²) < 4.78 is 16.4. The average molecular weight is 335 g/mol. The van der Waals surface area contributed by atoms with Crippen LogP contribution in [0.4, 0.5) is 0 Å². The van der Waals surface area contributed by atoms with Crippen molar-refractivity contribution in [3.8, 4) is 17.2 Å². The zero-order chi connectivity index (χ0) is 16.0. The third-order valence-electron chi connectivity index (χ3n) is 5.34. The summed E-state index contributed by atoms with van der Waals surface area (Å²) in [5, 5.41) is 4.66. The van der Waals surface area contributed by atoms with Crippen LogP contribution in [0.5, 0.6) is 17.2 Å². The van der Waals surface area contributed by atoms with Crippen molar-refractivity contribution >= 4 is 5.71 Å². The SMILES string of the molecule is COc1cc(C2NN=C3C4CCN(CC4)C32)cc(OC)c1OC.O. The topological polar surface area (TPSA) is 86.8 Å². The quantitative estimate of drug-likeness (QED) is 0.886. The first-order chi connectivity index (χ1) is 11.3. The molecular formula is C17H25N3O4. The lowest BCUT2D eigenvalue weighted by atomic mass is 9.78. The molecular weight excluding hydrogens is 310 g/mol. The predicted molar refractivity (Wildman–Crippen MR) is 91.1 cm³/mol. The lowest BCUT2D eigenvalue weighted by Crippen LogP contribution is -2.56. The lowest BCUT2D eigenvalue weighted by Gasteiger charge is -2.45. The number of methoxy groups -OCH3 is 3. The monoisotopic (exact) mass is 335 g/mol. The fraction of sp³-hybridized carbons (Fsp3) is 0.588. The maximum absolute atomic E-state index is 5.49. The average Bonchev–Trinajstić information content (AvgIpc) is 3.08. The molecule has 5 rings (SSSR count). The van der Waals surface area contributed by atoms with Gasteiger partial charge in [0, 0.05) is 5.92 Å². The fourth-order valence-corrected chi connectivity index (χ4v) is 4.19. The summed E-state index contributed by atoms with van der Waals surface area (Å²) in [6, 6.07) is 4.55. The standard InChI is InChI=1S/C17H23N3O3.H2O/c1-21-12-8-11(9-13(22-2)17(12)23-3)15-16-14(18-19-15)10-4-6-20(16)7-5-10;/h8-10,15-16,19H,4-7H2,1-3H3;1H2. The van der Waals surface area contributed by atoms with E-state index in [1.165, 1.54) is 18.6 Å². The van der Waals surface area contributed by atoms with Crippen molar-refractivity contribution in [2.45, 2.75) is 24.9 Å². The summed E-state index contributed by atoms with van der Waals surface area (Å²) in [5.41, 5.74) is 5.79. The number of benzene rings is 1. The molecule has 2 unspecified atom stereocenters. The van der Waals surface area contributed by atoms with E-state index >= 15 is 0 Å². The van der Waals surface area contributed by atoms with Gasteiger partial charge < -0.3 is 25.1 Å². The molecule has 0 amide bonds. The summed E-state index contributed by atoms with van der Waals surface area (Å²) in [7, 11) is 4.93.